The van der Waals surface area contributed by atoms with Gasteiger partial charge in [0.25, 0.3) is 0 Å². The van der Waals surface area contributed by atoms with Crippen molar-refractivity contribution < 1.29 is 0 Å². The number of thiophene rings is 1. The number of rotatable bonds is 9. The smallest absolute Gasteiger partial charge is 0.104 e. The van der Waals surface area contributed by atoms with Crippen LogP contribution in [0.5, 0.6) is 0 Å². The van der Waals surface area contributed by atoms with Crippen LogP contribution in [0, 0.1) is 11.3 Å². The van der Waals surface area contributed by atoms with E-state index in [4.69, 9.17) is 0 Å². The Morgan fingerprint density at radius 1 is 0.247 bits per heavy atom. The first kappa shape index (κ1) is 54.7. The summed E-state index contributed by atoms with van der Waals surface area (Å²) in [6, 6.07) is 118. The highest BCUT2D eigenvalue weighted by atomic mass is 32.1. The third-order valence-corrected chi connectivity index (χ3v) is 21.2. The Morgan fingerprint density at radius 3 is 0.907 bits per heavy atom. The van der Waals surface area contributed by atoms with Crippen LogP contribution in [0.4, 0.5) is 0 Å². The first-order valence-electron chi connectivity index (χ1n) is 32.9. The molecule has 20 aromatic rings. The van der Waals surface area contributed by atoms with Crippen LogP contribution in [-0.2, 0) is 0 Å². The number of para-hydroxylation sites is 4. The van der Waals surface area contributed by atoms with Crippen LogP contribution in [0.15, 0.2) is 328 Å². The summed E-state index contributed by atoms with van der Waals surface area (Å²) in [6.07, 6.45) is 3.90. The van der Waals surface area contributed by atoms with Crippen molar-refractivity contribution in [2.24, 2.45) is 0 Å². The lowest BCUT2D eigenvalue weighted by Crippen LogP contribution is -2.16. The highest BCUT2D eigenvalue weighted by molar-refractivity contribution is 7.25. The van der Waals surface area contributed by atoms with Crippen LogP contribution in [0.1, 0.15) is 5.56 Å². The normalized spacial score (nSPS) is 11.9. The molecular formula is C90H54N6S. The van der Waals surface area contributed by atoms with Gasteiger partial charge in [0.15, 0.2) is 0 Å². The second kappa shape index (κ2) is 21.6. The van der Waals surface area contributed by atoms with Crippen molar-refractivity contribution in [1.82, 2.24) is 23.3 Å². The summed E-state index contributed by atoms with van der Waals surface area (Å²) in [7, 11) is 0. The topological polar surface area (TPSA) is 56.4 Å². The summed E-state index contributed by atoms with van der Waals surface area (Å²) in [6.45, 7) is 0. The largest absolute Gasteiger partial charge is 0.306 e. The van der Waals surface area contributed by atoms with E-state index in [0.717, 1.165) is 186 Å². The highest BCUT2D eigenvalue weighted by Crippen LogP contribution is 2.54. The molecule has 0 aliphatic carbocycles. The molecule has 6 aromatic heterocycles. The molecule has 6 nitrogen and oxygen atoms in total. The molecule has 0 spiro atoms. The number of pyridine rings is 1. The molecule has 0 aliphatic rings. The van der Waals surface area contributed by atoms with Gasteiger partial charge in [-0.3, -0.25) is 4.98 Å². The van der Waals surface area contributed by atoms with Gasteiger partial charge in [-0.05, 0) is 111 Å². The van der Waals surface area contributed by atoms with Gasteiger partial charge in [0.1, 0.15) is 11.6 Å². The van der Waals surface area contributed by atoms with Crippen LogP contribution in [0.2, 0.25) is 0 Å². The van der Waals surface area contributed by atoms with Gasteiger partial charge in [0.2, 0.25) is 0 Å². The fourth-order valence-corrected chi connectivity index (χ4v) is 16.9. The highest BCUT2D eigenvalue weighted by Gasteiger charge is 2.36. The van der Waals surface area contributed by atoms with Gasteiger partial charge in [-0.15, -0.1) is 11.3 Å². The third-order valence-electron chi connectivity index (χ3n) is 20.1. The average molecular weight is 1250 g/mol. The lowest BCUT2D eigenvalue weighted by Gasteiger charge is -2.29. The number of benzene rings is 14. The zero-order chi connectivity index (χ0) is 63.8. The Labute approximate surface area is 561 Å². The van der Waals surface area contributed by atoms with Crippen LogP contribution >= 0.6 is 11.3 Å². The van der Waals surface area contributed by atoms with E-state index in [9.17, 15) is 5.26 Å². The molecule has 6 heterocycles. The van der Waals surface area contributed by atoms with Crippen LogP contribution in [0.3, 0.4) is 0 Å². The van der Waals surface area contributed by atoms with Gasteiger partial charge < -0.3 is 18.3 Å². The molecule has 0 fully saturated rings. The number of nitrogens with zero attached hydrogens (tertiary/aromatic N) is 6. The van der Waals surface area contributed by atoms with Gasteiger partial charge in [-0.2, -0.15) is 5.26 Å². The van der Waals surface area contributed by atoms with Crippen molar-refractivity contribution in [3.63, 3.8) is 0 Å². The minimum atomic E-state index is 0.499. The molecule has 97 heavy (non-hydrogen) atoms. The molecule has 0 bridgehead atoms. The maximum atomic E-state index is 13.6. The van der Waals surface area contributed by atoms with Crippen molar-refractivity contribution in [2.45, 2.75) is 0 Å². The first-order chi connectivity index (χ1) is 48.1. The number of hydrogen-bond donors (Lipinski definition) is 0. The van der Waals surface area contributed by atoms with Crippen LogP contribution in [-0.4, -0.2) is 23.3 Å². The van der Waals surface area contributed by atoms with Crippen LogP contribution < -0.4 is 0 Å². The third kappa shape index (κ3) is 8.28. The number of aromatic nitrogens is 5. The minimum absolute atomic E-state index is 0.499. The SMILES string of the molecule is N#Cc1c(-n2c3ccccc3c3ccc(-c4ccccc4)cc32)c(-n2c3ccccc3c3ccc(-c4ccccc4)cc32)c(-c2ccc3c(c2)sc2cnccc23)c(-n2c3ccccc3c3ccc(-c4ccccc4)cc32)c1-n1c2ccccc2c2ccc(-c3ccccc3)cc21. The second-order valence-corrected chi connectivity index (χ2v) is 26.3. The number of nitriles is 1. The maximum absolute atomic E-state index is 13.6. The molecule has 0 saturated carbocycles. The van der Waals surface area contributed by atoms with Crippen molar-refractivity contribution in [3.05, 3.63) is 333 Å². The molecule has 20 rings (SSSR count). The number of hydrogen-bond acceptors (Lipinski definition) is 3. The standard InChI is InChI=1S/C90H54N6S/c91-54-75-87(93-76-33-17-13-29-65(76)69-42-37-60(49-80(69)93)56-21-5-1-6-22-56)89(95-78-35-19-15-31-67(78)71-44-39-62(51-82(71)95)58-25-9-3-10-26-58)86(64-41-46-73-74-47-48-92-55-85(74)97-84(73)53-64)90(96-79-36-20-16-32-68(79)72-45-40-63(52-83(72)96)59-27-11-4-12-28-59)88(75)94-77-34-18-14-30-66(77)70-43-38-61(50-81(70)94)57-23-7-2-8-24-57/h1-53,55H. The van der Waals surface area contributed by atoms with Gasteiger partial charge >= 0.3 is 0 Å². The molecule has 0 radical (unpaired) electrons. The van der Waals surface area contributed by atoms with Crippen molar-refractivity contribution in [2.75, 3.05) is 0 Å². The molecule has 450 valence electrons. The molecule has 0 aliphatic heterocycles. The number of fused-ring (bicyclic) bond motifs is 15. The van der Waals surface area contributed by atoms with E-state index in [2.05, 4.69) is 345 Å². The molecule has 0 saturated heterocycles. The molecule has 14 aromatic carbocycles. The lowest BCUT2D eigenvalue weighted by molar-refractivity contribution is 1.04. The fraction of sp³-hybridized carbons (Fsp3) is 0. The van der Waals surface area contributed by atoms with E-state index in [1.807, 2.05) is 12.4 Å². The monoisotopic (exact) mass is 1250 g/mol. The molecule has 0 atom stereocenters. The summed E-state index contributed by atoms with van der Waals surface area (Å²) < 4.78 is 12.2. The summed E-state index contributed by atoms with van der Waals surface area (Å²) in [5.74, 6) is 0. The molecule has 7 heteroatoms. The summed E-state index contributed by atoms with van der Waals surface area (Å²) in [4.78, 5) is 4.68. The lowest BCUT2D eigenvalue weighted by atomic mass is 9.92. The predicted molar refractivity (Wildman–Crippen MR) is 406 cm³/mol. The summed E-state index contributed by atoms with van der Waals surface area (Å²) in [5.41, 5.74) is 22.3. The van der Waals surface area contributed by atoms with Gasteiger partial charge in [-0.25, -0.2) is 0 Å². The molecule has 0 amide bonds. The van der Waals surface area contributed by atoms with E-state index in [1.54, 1.807) is 11.3 Å². The Kier molecular flexibility index (Phi) is 12.2. The van der Waals surface area contributed by atoms with Crippen molar-refractivity contribution >= 4 is 119 Å². The van der Waals surface area contributed by atoms with Crippen molar-refractivity contribution in [3.8, 4) is 84.5 Å². The maximum Gasteiger partial charge on any atom is 0.104 e. The molecule has 0 N–H and O–H groups in total. The second-order valence-electron chi connectivity index (χ2n) is 25.2. The van der Waals surface area contributed by atoms with E-state index < -0.39 is 0 Å². The Balaban J connectivity index is 1.10. The minimum Gasteiger partial charge on any atom is -0.306 e. The Hall–Kier alpha value is -12.9. The molecular weight excluding hydrogens is 1200 g/mol. The van der Waals surface area contributed by atoms with Gasteiger partial charge in [-0.1, -0.05) is 255 Å². The average Bonchev–Trinajstić information content (AvgIpc) is 1.61. The first-order valence-corrected chi connectivity index (χ1v) is 33.7. The zero-order valence-corrected chi connectivity index (χ0v) is 53.1. The quantitative estimate of drug-likeness (QED) is 0.145. The van der Waals surface area contributed by atoms with Crippen molar-refractivity contribution in [1.29, 1.82) is 5.26 Å². The van der Waals surface area contributed by atoms with Gasteiger partial charge in [0.05, 0.1) is 71.6 Å². The van der Waals surface area contributed by atoms with E-state index in [-0.39, 0.29) is 0 Å². The fourth-order valence-electron chi connectivity index (χ4n) is 15.8. The predicted octanol–water partition coefficient (Wildman–Crippen LogP) is 24.0. The Morgan fingerprint density at radius 2 is 0.546 bits per heavy atom. The Bertz CT molecular complexity index is 6340. The van der Waals surface area contributed by atoms with E-state index in [1.165, 1.54) is 0 Å². The van der Waals surface area contributed by atoms with E-state index >= 15 is 0 Å². The van der Waals surface area contributed by atoms with E-state index in [0.29, 0.717) is 5.56 Å². The van der Waals surface area contributed by atoms with Crippen LogP contribution in [0.25, 0.3) is 186 Å². The van der Waals surface area contributed by atoms with Gasteiger partial charge in [0, 0.05) is 76.5 Å². The summed E-state index contributed by atoms with van der Waals surface area (Å²) >= 11 is 1.77. The zero-order valence-electron chi connectivity index (χ0n) is 52.3. The molecule has 0 unspecified atom stereocenters. The summed E-state index contributed by atoms with van der Waals surface area (Å²) in [5, 5.41) is 24.6.